The molecule has 1 aliphatic heterocycles. The molecule has 0 saturated carbocycles. The van der Waals surface area contributed by atoms with Crippen LogP contribution in [0.5, 0.6) is 0 Å². The number of nitrogens with two attached hydrogens (primary N) is 1. The first-order chi connectivity index (χ1) is 9.02. The summed E-state index contributed by atoms with van der Waals surface area (Å²) in [5, 5.41) is 0. The van der Waals surface area contributed by atoms with Crippen LogP contribution in [0.25, 0.3) is 0 Å². The molecule has 0 bridgehead atoms. The fourth-order valence-corrected chi connectivity index (χ4v) is 2.70. The van der Waals surface area contributed by atoms with Crippen LogP contribution in [0.3, 0.4) is 0 Å². The summed E-state index contributed by atoms with van der Waals surface area (Å²) in [5.74, 6) is 0.0439. The smallest absolute Gasteiger partial charge is 0.254 e. The fourth-order valence-electron chi connectivity index (χ4n) is 2.70. The number of likely N-dealkylation sites (tertiary alicyclic amines) is 1. The van der Waals surface area contributed by atoms with E-state index in [0.717, 1.165) is 12.8 Å². The molecule has 1 aromatic rings. The summed E-state index contributed by atoms with van der Waals surface area (Å²) in [6, 6.07) is 4.50. The Hall–Kier alpha value is -1.42. The Balaban J connectivity index is 2.15. The van der Waals surface area contributed by atoms with E-state index in [9.17, 15) is 9.18 Å². The average molecular weight is 264 g/mol. The second-order valence-electron chi connectivity index (χ2n) is 5.33. The summed E-state index contributed by atoms with van der Waals surface area (Å²) in [7, 11) is 0. The minimum Gasteiger partial charge on any atom is -0.338 e. The van der Waals surface area contributed by atoms with Crippen LogP contribution in [-0.4, -0.2) is 29.9 Å². The van der Waals surface area contributed by atoms with Gasteiger partial charge in [-0.2, -0.15) is 0 Å². The zero-order valence-corrected chi connectivity index (χ0v) is 11.5. The van der Waals surface area contributed by atoms with Gasteiger partial charge < -0.3 is 10.6 Å². The molecular formula is C15H21FN2O. The van der Waals surface area contributed by atoms with Crippen molar-refractivity contribution in [1.29, 1.82) is 0 Å². The maximum atomic E-state index is 13.1. The van der Waals surface area contributed by atoms with Crippen molar-refractivity contribution in [2.24, 2.45) is 11.7 Å². The van der Waals surface area contributed by atoms with E-state index < -0.39 is 0 Å². The lowest BCUT2D eigenvalue weighted by atomic mass is 9.90. The number of hydrogen-bond donors (Lipinski definition) is 1. The highest BCUT2D eigenvalue weighted by molar-refractivity contribution is 5.95. The van der Waals surface area contributed by atoms with Crippen LogP contribution in [0.4, 0.5) is 4.39 Å². The van der Waals surface area contributed by atoms with E-state index in [-0.39, 0.29) is 17.8 Å². The van der Waals surface area contributed by atoms with Gasteiger partial charge in [-0.05, 0) is 43.0 Å². The van der Waals surface area contributed by atoms with E-state index in [1.807, 2.05) is 4.90 Å². The van der Waals surface area contributed by atoms with Crippen molar-refractivity contribution in [1.82, 2.24) is 4.90 Å². The summed E-state index contributed by atoms with van der Waals surface area (Å²) in [6.45, 7) is 5.26. The number of carbonyl (C=O) groups excluding carboxylic acids is 1. The molecule has 0 spiro atoms. The standard InChI is InChI=1S/C15H21FN2O/c1-3-11-9-18(7-6-14(11)17)15(19)13-5-4-12(16)8-10(13)2/h4-5,8,11,14H,3,6-7,9,17H2,1-2H3. The molecule has 1 saturated heterocycles. The van der Waals surface area contributed by atoms with Gasteiger partial charge in [0.25, 0.3) is 5.91 Å². The monoisotopic (exact) mass is 264 g/mol. The van der Waals surface area contributed by atoms with Crippen LogP contribution in [0.15, 0.2) is 18.2 Å². The van der Waals surface area contributed by atoms with Crippen LogP contribution in [-0.2, 0) is 0 Å². The molecule has 1 fully saturated rings. The van der Waals surface area contributed by atoms with Crippen molar-refractivity contribution >= 4 is 5.91 Å². The number of carbonyl (C=O) groups is 1. The maximum absolute atomic E-state index is 13.1. The van der Waals surface area contributed by atoms with Crippen molar-refractivity contribution in [2.45, 2.75) is 32.7 Å². The highest BCUT2D eigenvalue weighted by Gasteiger charge is 2.29. The Morgan fingerprint density at radius 3 is 2.89 bits per heavy atom. The number of aryl methyl sites for hydroxylation is 1. The molecule has 19 heavy (non-hydrogen) atoms. The zero-order chi connectivity index (χ0) is 14.0. The summed E-state index contributed by atoms with van der Waals surface area (Å²) in [5.41, 5.74) is 7.33. The minimum absolute atomic E-state index is 0.0112. The lowest BCUT2D eigenvalue weighted by Gasteiger charge is -2.36. The van der Waals surface area contributed by atoms with Crippen LogP contribution in [0, 0.1) is 18.7 Å². The number of amides is 1. The molecule has 1 aliphatic rings. The van der Waals surface area contributed by atoms with Gasteiger partial charge in [-0.15, -0.1) is 0 Å². The van der Waals surface area contributed by atoms with Gasteiger partial charge in [-0.25, -0.2) is 4.39 Å². The topological polar surface area (TPSA) is 46.3 Å². The molecule has 1 heterocycles. The van der Waals surface area contributed by atoms with Gasteiger partial charge >= 0.3 is 0 Å². The predicted octanol–water partition coefficient (Wildman–Crippen LogP) is 2.33. The molecule has 1 aromatic carbocycles. The van der Waals surface area contributed by atoms with E-state index >= 15 is 0 Å². The molecule has 104 valence electrons. The van der Waals surface area contributed by atoms with Gasteiger partial charge in [0.15, 0.2) is 0 Å². The van der Waals surface area contributed by atoms with E-state index in [1.165, 1.54) is 12.1 Å². The summed E-state index contributed by atoms with van der Waals surface area (Å²) < 4.78 is 13.1. The molecule has 0 aliphatic carbocycles. The summed E-state index contributed by atoms with van der Waals surface area (Å²) >= 11 is 0. The Labute approximate surface area is 113 Å². The highest BCUT2D eigenvalue weighted by atomic mass is 19.1. The average Bonchev–Trinajstić information content (AvgIpc) is 2.38. The Kier molecular flexibility index (Phi) is 4.20. The first-order valence-electron chi connectivity index (χ1n) is 6.84. The van der Waals surface area contributed by atoms with Gasteiger partial charge in [-0.1, -0.05) is 13.3 Å². The lowest BCUT2D eigenvalue weighted by Crippen LogP contribution is -2.49. The predicted molar refractivity (Wildman–Crippen MR) is 73.4 cm³/mol. The molecule has 3 nitrogen and oxygen atoms in total. The van der Waals surface area contributed by atoms with Crippen LogP contribution in [0.1, 0.15) is 35.7 Å². The lowest BCUT2D eigenvalue weighted by molar-refractivity contribution is 0.0648. The SMILES string of the molecule is CCC1CN(C(=O)c2ccc(F)cc2C)CCC1N. The third-order valence-electron chi connectivity index (χ3n) is 4.02. The van der Waals surface area contributed by atoms with Crippen molar-refractivity contribution in [3.8, 4) is 0 Å². The Morgan fingerprint density at radius 1 is 1.53 bits per heavy atom. The first kappa shape index (κ1) is 14.0. The van der Waals surface area contributed by atoms with Gasteiger partial charge in [0, 0.05) is 24.7 Å². The minimum atomic E-state index is -0.304. The molecule has 0 radical (unpaired) electrons. The molecule has 2 unspecified atom stereocenters. The third kappa shape index (κ3) is 2.95. The number of benzene rings is 1. The number of halogens is 1. The zero-order valence-electron chi connectivity index (χ0n) is 11.5. The Bertz CT molecular complexity index is 475. The molecule has 2 rings (SSSR count). The highest BCUT2D eigenvalue weighted by Crippen LogP contribution is 2.21. The third-order valence-corrected chi connectivity index (χ3v) is 4.02. The van der Waals surface area contributed by atoms with Gasteiger partial charge in [-0.3, -0.25) is 4.79 Å². The molecule has 0 aromatic heterocycles. The molecule has 2 N–H and O–H groups in total. The second-order valence-corrected chi connectivity index (χ2v) is 5.33. The number of piperidine rings is 1. The largest absolute Gasteiger partial charge is 0.338 e. The fraction of sp³-hybridized carbons (Fsp3) is 0.533. The van der Waals surface area contributed by atoms with E-state index in [0.29, 0.717) is 30.1 Å². The quantitative estimate of drug-likeness (QED) is 0.891. The molecule has 2 atom stereocenters. The first-order valence-corrected chi connectivity index (χ1v) is 6.84. The normalized spacial score (nSPS) is 23.5. The van der Waals surface area contributed by atoms with Crippen molar-refractivity contribution in [2.75, 3.05) is 13.1 Å². The van der Waals surface area contributed by atoms with Crippen LogP contribution >= 0.6 is 0 Å². The van der Waals surface area contributed by atoms with Crippen LogP contribution < -0.4 is 5.73 Å². The number of hydrogen-bond acceptors (Lipinski definition) is 2. The maximum Gasteiger partial charge on any atom is 0.254 e. The number of nitrogens with zero attached hydrogens (tertiary/aromatic N) is 1. The van der Waals surface area contributed by atoms with Crippen LogP contribution in [0.2, 0.25) is 0 Å². The van der Waals surface area contributed by atoms with Crippen molar-refractivity contribution in [3.63, 3.8) is 0 Å². The van der Waals surface area contributed by atoms with E-state index in [1.54, 1.807) is 13.0 Å². The summed E-state index contributed by atoms with van der Waals surface area (Å²) in [6.07, 6.45) is 1.82. The van der Waals surface area contributed by atoms with Gasteiger partial charge in [0.2, 0.25) is 0 Å². The molecule has 1 amide bonds. The molecular weight excluding hydrogens is 243 g/mol. The van der Waals surface area contributed by atoms with E-state index in [2.05, 4.69) is 6.92 Å². The van der Waals surface area contributed by atoms with Gasteiger partial charge in [0.05, 0.1) is 0 Å². The van der Waals surface area contributed by atoms with E-state index in [4.69, 9.17) is 5.73 Å². The Morgan fingerprint density at radius 2 is 2.26 bits per heavy atom. The number of rotatable bonds is 2. The summed E-state index contributed by atoms with van der Waals surface area (Å²) in [4.78, 5) is 14.3. The second kappa shape index (κ2) is 5.70. The van der Waals surface area contributed by atoms with Crippen molar-refractivity contribution in [3.05, 3.63) is 35.1 Å². The van der Waals surface area contributed by atoms with Crippen molar-refractivity contribution < 1.29 is 9.18 Å². The molecule has 4 heteroatoms. The van der Waals surface area contributed by atoms with Gasteiger partial charge in [0.1, 0.15) is 5.82 Å².